The molecular weight excluding hydrogens is 235 g/mol. The van der Waals surface area contributed by atoms with Crippen LogP contribution in [0.5, 0.6) is 0 Å². The van der Waals surface area contributed by atoms with Crippen molar-refractivity contribution < 1.29 is 13.9 Å². The standard InChI is InChI=1S/C13H25FN2O2/c1-13(2,3)18-12(17)16-9-5-4-6-11(16)10(14)7-8-15/h10-11H,4-9,15H2,1-3H3. The van der Waals surface area contributed by atoms with E-state index in [0.717, 1.165) is 12.8 Å². The third-order valence-electron chi connectivity index (χ3n) is 3.04. The maximum absolute atomic E-state index is 14.0. The number of likely N-dealkylation sites (tertiary alicyclic amines) is 1. The maximum atomic E-state index is 14.0. The van der Waals surface area contributed by atoms with Gasteiger partial charge in [-0.15, -0.1) is 0 Å². The van der Waals surface area contributed by atoms with E-state index in [4.69, 9.17) is 10.5 Å². The lowest BCUT2D eigenvalue weighted by atomic mass is 9.97. The Morgan fingerprint density at radius 1 is 1.50 bits per heavy atom. The molecule has 2 unspecified atom stereocenters. The first-order chi connectivity index (χ1) is 8.35. The van der Waals surface area contributed by atoms with Crippen LogP contribution in [0.1, 0.15) is 46.5 Å². The number of carbonyl (C=O) groups excluding carboxylic acids is 1. The van der Waals surface area contributed by atoms with Crippen LogP contribution in [0.3, 0.4) is 0 Å². The molecule has 0 bridgehead atoms. The quantitative estimate of drug-likeness (QED) is 0.848. The Kier molecular flexibility index (Phi) is 5.38. The SMILES string of the molecule is CC(C)(C)OC(=O)N1CCCCC1C(F)CCN. The number of nitrogens with zero attached hydrogens (tertiary/aromatic N) is 1. The third kappa shape index (κ3) is 4.44. The van der Waals surface area contributed by atoms with Crippen LogP contribution in [-0.2, 0) is 4.74 Å². The van der Waals surface area contributed by atoms with Gasteiger partial charge < -0.3 is 15.4 Å². The average molecular weight is 260 g/mol. The van der Waals surface area contributed by atoms with Gasteiger partial charge >= 0.3 is 6.09 Å². The lowest BCUT2D eigenvalue weighted by molar-refractivity contribution is -0.00310. The normalized spacial score (nSPS) is 22.7. The smallest absolute Gasteiger partial charge is 0.410 e. The van der Waals surface area contributed by atoms with E-state index < -0.39 is 17.9 Å². The van der Waals surface area contributed by atoms with Crippen molar-refractivity contribution in [2.75, 3.05) is 13.1 Å². The third-order valence-corrected chi connectivity index (χ3v) is 3.04. The Bertz CT molecular complexity index is 279. The predicted octanol–water partition coefficient (Wildman–Crippen LogP) is 2.46. The number of piperidine rings is 1. The summed E-state index contributed by atoms with van der Waals surface area (Å²) in [4.78, 5) is 13.6. The molecule has 2 atom stereocenters. The van der Waals surface area contributed by atoms with Gasteiger partial charge in [-0.3, -0.25) is 0 Å². The average Bonchev–Trinajstić information content (AvgIpc) is 2.27. The minimum atomic E-state index is -1.05. The summed E-state index contributed by atoms with van der Waals surface area (Å²) in [6.45, 7) is 6.33. The van der Waals surface area contributed by atoms with Crippen molar-refractivity contribution in [1.82, 2.24) is 4.90 Å². The monoisotopic (exact) mass is 260 g/mol. The molecule has 0 aromatic carbocycles. The number of carbonyl (C=O) groups is 1. The molecule has 4 nitrogen and oxygen atoms in total. The van der Waals surface area contributed by atoms with Gasteiger partial charge in [-0.25, -0.2) is 9.18 Å². The molecule has 1 amide bonds. The fourth-order valence-corrected chi connectivity index (χ4v) is 2.23. The van der Waals surface area contributed by atoms with Gasteiger partial charge in [0, 0.05) is 6.54 Å². The number of alkyl halides is 1. The van der Waals surface area contributed by atoms with E-state index in [1.165, 1.54) is 4.90 Å². The molecule has 106 valence electrons. The predicted molar refractivity (Wildman–Crippen MR) is 69.1 cm³/mol. The second kappa shape index (κ2) is 6.36. The molecule has 1 fully saturated rings. The van der Waals surface area contributed by atoms with Gasteiger partial charge in [-0.2, -0.15) is 0 Å². The maximum Gasteiger partial charge on any atom is 0.410 e. The second-order valence-corrected chi connectivity index (χ2v) is 5.83. The van der Waals surface area contributed by atoms with Gasteiger partial charge in [0.25, 0.3) is 0 Å². The van der Waals surface area contributed by atoms with E-state index in [-0.39, 0.29) is 6.04 Å². The summed E-state index contributed by atoms with van der Waals surface area (Å²) in [6.07, 6.45) is 1.39. The molecule has 0 saturated carbocycles. The van der Waals surface area contributed by atoms with Crippen LogP contribution in [0.2, 0.25) is 0 Å². The molecule has 0 radical (unpaired) electrons. The lowest BCUT2D eigenvalue weighted by Crippen LogP contribution is -2.50. The molecule has 0 aromatic rings. The second-order valence-electron chi connectivity index (χ2n) is 5.83. The van der Waals surface area contributed by atoms with Crippen molar-refractivity contribution in [3.63, 3.8) is 0 Å². The number of nitrogens with two attached hydrogens (primary N) is 1. The van der Waals surface area contributed by atoms with Crippen LogP contribution in [0.4, 0.5) is 9.18 Å². The summed E-state index contributed by atoms with van der Waals surface area (Å²) in [5, 5.41) is 0. The first kappa shape index (κ1) is 15.2. The summed E-state index contributed by atoms with van der Waals surface area (Å²) in [5.41, 5.74) is 4.84. The first-order valence-electron chi connectivity index (χ1n) is 6.69. The molecule has 1 heterocycles. The highest BCUT2D eigenvalue weighted by Crippen LogP contribution is 2.25. The van der Waals surface area contributed by atoms with Gasteiger partial charge in [0.15, 0.2) is 0 Å². The Morgan fingerprint density at radius 3 is 2.72 bits per heavy atom. The fourth-order valence-electron chi connectivity index (χ4n) is 2.23. The molecule has 2 N–H and O–H groups in total. The topological polar surface area (TPSA) is 55.6 Å². The van der Waals surface area contributed by atoms with Crippen molar-refractivity contribution in [2.45, 2.75) is 64.3 Å². The van der Waals surface area contributed by atoms with E-state index in [1.54, 1.807) is 0 Å². The van der Waals surface area contributed by atoms with Crippen LogP contribution < -0.4 is 5.73 Å². The van der Waals surface area contributed by atoms with Crippen LogP contribution in [0, 0.1) is 0 Å². The van der Waals surface area contributed by atoms with Crippen LogP contribution in [-0.4, -0.2) is 41.9 Å². The number of hydrogen-bond donors (Lipinski definition) is 1. The molecule has 5 heteroatoms. The van der Waals surface area contributed by atoms with Crippen molar-refractivity contribution >= 4 is 6.09 Å². The zero-order valence-electron chi connectivity index (χ0n) is 11.6. The van der Waals surface area contributed by atoms with E-state index >= 15 is 0 Å². The minimum absolute atomic E-state index is 0.296. The van der Waals surface area contributed by atoms with Gasteiger partial charge in [0.1, 0.15) is 11.8 Å². The fraction of sp³-hybridized carbons (Fsp3) is 0.923. The number of halogens is 1. The van der Waals surface area contributed by atoms with Crippen molar-refractivity contribution in [3.8, 4) is 0 Å². The molecule has 0 aromatic heterocycles. The number of amides is 1. The van der Waals surface area contributed by atoms with Gasteiger partial charge in [-0.05, 0) is 53.0 Å². The Hall–Kier alpha value is -0.840. The Morgan fingerprint density at radius 2 is 2.17 bits per heavy atom. The summed E-state index contributed by atoms with van der Waals surface area (Å²) >= 11 is 0. The first-order valence-corrected chi connectivity index (χ1v) is 6.69. The van der Waals surface area contributed by atoms with Gasteiger partial charge in [-0.1, -0.05) is 0 Å². The molecule has 18 heavy (non-hydrogen) atoms. The summed E-state index contributed by atoms with van der Waals surface area (Å²) in [7, 11) is 0. The van der Waals surface area contributed by atoms with Gasteiger partial charge in [0.2, 0.25) is 0 Å². The van der Waals surface area contributed by atoms with Crippen LogP contribution in [0.25, 0.3) is 0 Å². The van der Waals surface area contributed by atoms with Crippen molar-refractivity contribution in [2.24, 2.45) is 5.73 Å². The molecule has 1 aliphatic rings. The highest BCUT2D eigenvalue weighted by Gasteiger charge is 2.35. The highest BCUT2D eigenvalue weighted by atomic mass is 19.1. The number of ether oxygens (including phenoxy) is 1. The van der Waals surface area contributed by atoms with Gasteiger partial charge in [0.05, 0.1) is 6.04 Å². The van der Waals surface area contributed by atoms with E-state index in [9.17, 15) is 9.18 Å². The van der Waals surface area contributed by atoms with E-state index in [1.807, 2.05) is 20.8 Å². The minimum Gasteiger partial charge on any atom is -0.444 e. The molecule has 0 aliphatic carbocycles. The summed E-state index contributed by atoms with van der Waals surface area (Å²) in [5.74, 6) is 0. The molecule has 1 aliphatic heterocycles. The van der Waals surface area contributed by atoms with E-state index in [2.05, 4.69) is 0 Å². The Labute approximate surface area is 109 Å². The molecular formula is C13H25FN2O2. The van der Waals surface area contributed by atoms with Crippen LogP contribution in [0.15, 0.2) is 0 Å². The molecule has 1 saturated heterocycles. The summed E-state index contributed by atoms with van der Waals surface area (Å²) in [6, 6.07) is -0.378. The molecule has 0 spiro atoms. The largest absolute Gasteiger partial charge is 0.444 e. The van der Waals surface area contributed by atoms with Crippen molar-refractivity contribution in [1.29, 1.82) is 0 Å². The molecule has 1 rings (SSSR count). The number of hydrogen-bond acceptors (Lipinski definition) is 3. The Balaban J connectivity index is 2.67. The van der Waals surface area contributed by atoms with Crippen molar-refractivity contribution in [3.05, 3.63) is 0 Å². The number of rotatable bonds is 3. The highest BCUT2D eigenvalue weighted by molar-refractivity contribution is 5.68. The lowest BCUT2D eigenvalue weighted by Gasteiger charge is -2.38. The van der Waals surface area contributed by atoms with Crippen LogP contribution >= 0.6 is 0 Å². The summed E-state index contributed by atoms with van der Waals surface area (Å²) < 4.78 is 19.3. The van der Waals surface area contributed by atoms with E-state index in [0.29, 0.717) is 25.9 Å². The zero-order valence-corrected chi connectivity index (χ0v) is 11.6. The zero-order chi connectivity index (χ0) is 13.8.